The minimum Gasteiger partial charge on any atom is -0.344 e. The van der Waals surface area contributed by atoms with E-state index < -0.39 is 0 Å². The lowest BCUT2D eigenvalue weighted by Gasteiger charge is -2.11. The maximum atomic E-state index is 5.97. The van der Waals surface area contributed by atoms with E-state index >= 15 is 0 Å². The van der Waals surface area contributed by atoms with Gasteiger partial charge in [0.05, 0.1) is 0 Å². The second-order valence-corrected chi connectivity index (χ2v) is 4.58. The van der Waals surface area contributed by atoms with Gasteiger partial charge in [-0.25, -0.2) is 0 Å². The number of hydrogen-bond acceptors (Lipinski definition) is 1. The van der Waals surface area contributed by atoms with E-state index in [9.17, 15) is 0 Å². The highest BCUT2D eigenvalue weighted by Gasteiger charge is 2.05. The Labute approximate surface area is 108 Å². The third-order valence-corrected chi connectivity index (χ3v) is 3.03. The van der Waals surface area contributed by atoms with Gasteiger partial charge in [0, 0.05) is 5.02 Å². The summed E-state index contributed by atoms with van der Waals surface area (Å²) in [5.74, 6) is 0.527. The minimum atomic E-state index is 0. The highest BCUT2D eigenvalue weighted by Crippen LogP contribution is 2.21. The van der Waals surface area contributed by atoms with Crippen LogP contribution < -0.4 is 6.15 Å². The van der Waals surface area contributed by atoms with E-state index in [4.69, 9.17) is 11.6 Å². The second kappa shape index (κ2) is 6.43. The van der Waals surface area contributed by atoms with Crippen molar-refractivity contribution in [2.45, 2.75) is 19.3 Å². The molecule has 0 aliphatic heterocycles. The van der Waals surface area contributed by atoms with Crippen LogP contribution in [0, 0.1) is 0 Å². The molecule has 0 aliphatic rings. The highest BCUT2D eigenvalue weighted by molar-refractivity contribution is 6.30. The quantitative estimate of drug-likeness (QED) is 0.827. The van der Waals surface area contributed by atoms with E-state index in [-0.39, 0.29) is 6.15 Å². The maximum absolute atomic E-state index is 5.97. The highest BCUT2D eigenvalue weighted by atomic mass is 35.5. The average Bonchev–Trinajstić information content (AvgIpc) is 2.30. The molecule has 0 amide bonds. The molecule has 0 spiro atoms. The van der Waals surface area contributed by atoms with Crippen LogP contribution in [0.15, 0.2) is 54.6 Å². The molecule has 1 atom stereocenters. The van der Waals surface area contributed by atoms with Crippen molar-refractivity contribution in [3.8, 4) is 0 Å². The molecular formula is C15H18ClN. The monoisotopic (exact) mass is 247 g/mol. The largest absolute Gasteiger partial charge is 0.344 e. The van der Waals surface area contributed by atoms with Crippen LogP contribution >= 0.6 is 11.6 Å². The summed E-state index contributed by atoms with van der Waals surface area (Å²) in [6.45, 7) is 2.25. The predicted molar refractivity (Wildman–Crippen MR) is 75.0 cm³/mol. The molecule has 0 radical (unpaired) electrons. The van der Waals surface area contributed by atoms with Gasteiger partial charge in [0.15, 0.2) is 0 Å². The zero-order chi connectivity index (χ0) is 11.4. The number of hydrogen-bond donors (Lipinski definition) is 1. The summed E-state index contributed by atoms with van der Waals surface area (Å²) in [6.07, 6.45) is 1.03. The van der Waals surface area contributed by atoms with Crippen LogP contribution in [0.1, 0.15) is 24.0 Å². The molecule has 0 fully saturated rings. The maximum Gasteiger partial charge on any atom is 0.0408 e. The molecule has 90 valence electrons. The fourth-order valence-electron chi connectivity index (χ4n) is 1.92. The number of rotatable bonds is 3. The first-order valence-electron chi connectivity index (χ1n) is 5.55. The molecule has 2 aromatic carbocycles. The third kappa shape index (κ3) is 3.88. The molecule has 1 unspecified atom stereocenters. The lowest BCUT2D eigenvalue weighted by Crippen LogP contribution is -1.97. The Morgan fingerprint density at radius 3 is 2.35 bits per heavy atom. The van der Waals surface area contributed by atoms with Gasteiger partial charge in [-0.15, -0.1) is 0 Å². The van der Waals surface area contributed by atoms with Crippen molar-refractivity contribution in [1.29, 1.82) is 0 Å². The summed E-state index contributed by atoms with van der Waals surface area (Å²) in [5.41, 5.74) is 2.67. The Balaban J connectivity index is 0.00000144. The van der Waals surface area contributed by atoms with Crippen molar-refractivity contribution < 1.29 is 0 Å². The van der Waals surface area contributed by atoms with E-state index in [1.807, 2.05) is 18.2 Å². The predicted octanol–water partition coefficient (Wildman–Crippen LogP) is 4.85. The van der Waals surface area contributed by atoms with Gasteiger partial charge in [-0.2, -0.15) is 0 Å². The van der Waals surface area contributed by atoms with E-state index in [0.29, 0.717) is 5.92 Å². The second-order valence-electron chi connectivity index (χ2n) is 4.15. The van der Waals surface area contributed by atoms with Crippen LogP contribution in [-0.4, -0.2) is 0 Å². The van der Waals surface area contributed by atoms with Gasteiger partial charge in [0.2, 0.25) is 0 Å². The summed E-state index contributed by atoms with van der Waals surface area (Å²) in [6, 6.07) is 18.7. The SMILES string of the molecule is CC(Cc1cccc(Cl)c1)c1ccccc1.N. The third-order valence-electron chi connectivity index (χ3n) is 2.80. The van der Waals surface area contributed by atoms with Gasteiger partial charge in [0.25, 0.3) is 0 Å². The molecule has 2 aromatic rings. The van der Waals surface area contributed by atoms with Crippen LogP contribution in [0.5, 0.6) is 0 Å². The Hall–Kier alpha value is -1.31. The Morgan fingerprint density at radius 2 is 1.71 bits per heavy atom. The normalized spacial score (nSPS) is 11.6. The molecule has 17 heavy (non-hydrogen) atoms. The Kier molecular flexibility index (Phi) is 5.20. The summed E-state index contributed by atoms with van der Waals surface area (Å²) < 4.78 is 0. The standard InChI is InChI=1S/C15H15Cl.H3N/c1-12(14-7-3-2-4-8-14)10-13-6-5-9-15(16)11-13;/h2-9,11-12H,10H2,1H3;1H3. The molecular weight excluding hydrogens is 230 g/mol. The summed E-state index contributed by atoms with van der Waals surface area (Å²) in [5, 5.41) is 0.817. The number of halogens is 1. The molecule has 0 saturated heterocycles. The van der Waals surface area contributed by atoms with E-state index in [2.05, 4.69) is 43.3 Å². The number of benzene rings is 2. The molecule has 0 aliphatic carbocycles. The van der Waals surface area contributed by atoms with Crippen LogP contribution in [-0.2, 0) is 6.42 Å². The first-order chi connectivity index (χ1) is 7.75. The molecule has 0 saturated carbocycles. The van der Waals surface area contributed by atoms with Crippen LogP contribution in [0.4, 0.5) is 0 Å². The first-order valence-corrected chi connectivity index (χ1v) is 5.93. The van der Waals surface area contributed by atoms with Crippen molar-refractivity contribution in [3.63, 3.8) is 0 Å². The lowest BCUT2D eigenvalue weighted by molar-refractivity contribution is 0.759. The molecule has 2 heteroatoms. The topological polar surface area (TPSA) is 35.0 Å². The Bertz CT molecular complexity index is 453. The van der Waals surface area contributed by atoms with Crippen molar-refractivity contribution in [1.82, 2.24) is 6.15 Å². The summed E-state index contributed by atoms with van der Waals surface area (Å²) in [7, 11) is 0. The van der Waals surface area contributed by atoms with Gasteiger partial charge in [-0.3, -0.25) is 0 Å². The first kappa shape index (κ1) is 13.8. The smallest absolute Gasteiger partial charge is 0.0408 e. The fourth-order valence-corrected chi connectivity index (χ4v) is 2.13. The molecule has 3 N–H and O–H groups in total. The van der Waals surface area contributed by atoms with Crippen molar-refractivity contribution in [2.75, 3.05) is 0 Å². The summed E-state index contributed by atoms with van der Waals surface area (Å²) in [4.78, 5) is 0. The van der Waals surface area contributed by atoms with Gasteiger partial charge >= 0.3 is 0 Å². The van der Waals surface area contributed by atoms with Crippen molar-refractivity contribution in [3.05, 3.63) is 70.7 Å². The van der Waals surface area contributed by atoms with Gasteiger partial charge in [-0.05, 0) is 35.6 Å². The van der Waals surface area contributed by atoms with Crippen LogP contribution in [0.2, 0.25) is 5.02 Å². The van der Waals surface area contributed by atoms with Crippen LogP contribution in [0.25, 0.3) is 0 Å². The van der Waals surface area contributed by atoms with Crippen molar-refractivity contribution >= 4 is 11.6 Å². The van der Waals surface area contributed by atoms with E-state index in [1.54, 1.807) is 0 Å². The van der Waals surface area contributed by atoms with Crippen molar-refractivity contribution in [2.24, 2.45) is 0 Å². The lowest BCUT2D eigenvalue weighted by atomic mass is 9.94. The molecule has 0 bridgehead atoms. The van der Waals surface area contributed by atoms with Gasteiger partial charge in [-0.1, -0.05) is 61.0 Å². The van der Waals surface area contributed by atoms with Crippen LogP contribution in [0.3, 0.4) is 0 Å². The average molecular weight is 248 g/mol. The van der Waals surface area contributed by atoms with Gasteiger partial charge < -0.3 is 6.15 Å². The summed E-state index contributed by atoms with van der Waals surface area (Å²) >= 11 is 5.97. The van der Waals surface area contributed by atoms with Gasteiger partial charge in [0.1, 0.15) is 0 Å². The molecule has 0 heterocycles. The molecule has 1 nitrogen and oxygen atoms in total. The zero-order valence-corrected chi connectivity index (χ0v) is 10.8. The minimum absolute atomic E-state index is 0. The van der Waals surface area contributed by atoms with E-state index in [0.717, 1.165) is 11.4 Å². The Morgan fingerprint density at radius 1 is 1.00 bits per heavy atom. The van der Waals surface area contributed by atoms with E-state index in [1.165, 1.54) is 11.1 Å². The molecule has 2 rings (SSSR count). The fraction of sp³-hybridized carbons (Fsp3) is 0.200. The molecule has 0 aromatic heterocycles. The zero-order valence-electron chi connectivity index (χ0n) is 10.1.